The first kappa shape index (κ1) is 20.6. The lowest BCUT2D eigenvalue weighted by atomic mass is 9.93. The molecule has 6 nitrogen and oxygen atoms in total. The van der Waals surface area contributed by atoms with Crippen molar-refractivity contribution in [2.24, 2.45) is 5.92 Å². The summed E-state index contributed by atoms with van der Waals surface area (Å²) in [5.74, 6) is 0.553. The highest BCUT2D eigenvalue weighted by atomic mass is 32.2. The molecule has 1 fully saturated rings. The molecule has 1 N–H and O–H groups in total. The number of piperidine rings is 1. The number of carbonyl (C=O) groups excluding carboxylic acids is 2. The largest absolute Gasteiger partial charge is 0.352 e. The van der Waals surface area contributed by atoms with Crippen LogP contribution < -0.4 is 5.32 Å². The first-order valence-electron chi connectivity index (χ1n) is 9.15. The number of aldehydes is 1. The molecule has 0 unspecified atom stereocenters. The summed E-state index contributed by atoms with van der Waals surface area (Å²) in [6.07, 6.45) is 3.71. The fourth-order valence-corrected chi connectivity index (χ4v) is 4.40. The highest BCUT2D eigenvalue weighted by Crippen LogP contribution is 2.23. The lowest BCUT2D eigenvalue weighted by Crippen LogP contribution is -2.39. The van der Waals surface area contributed by atoms with Crippen LogP contribution >= 0.6 is 0 Å². The van der Waals surface area contributed by atoms with Crippen LogP contribution in [0.4, 0.5) is 0 Å². The van der Waals surface area contributed by atoms with E-state index in [9.17, 15) is 18.0 Å². The second-order valence-electron chi connectivity index (χ2n) is 6.87. The van der Waals surface area contributed by atoms with Crippen LogP contribution in [0.25, 0.3) is 0 Å². The second kappa shape index (κ2) is 9.28. The number of aryl methyl sites for hydroxylation is 1. The molecule has 0 atom stereocenters. The zero-order chi connectivity index (χ0) is 19.2. The summed E-state index contributed by atoms with van der Waals surface area (Å²) in [7, 11) is -3.09. The monoisotopic (exact) mass is 380 g/mol. The van der Waals surface area contributed by atoms with E-state index < -0.39 is 10.0 Å². The molecule has 0 radical (unpaired) electrons. The lowest BCUT2D eigenvalue weighted by Gasteiger charge is -2.30. The molecule has 144 valence electrons. The molecule has 0 bridgehead atoms. The molecule has 1 aromatic rings. The summed E-state index contributed by atoms with van der Waals surface area (Å²) in [6.45, 7) is 5.11. The summed E-state index contributed by atoms with van der Waals surface area (Å²) in [5, 5.41) is 2.91. The van der Waals surface area contributed by atoms with Gasteiger partial charge in [-0.05, 0) is 50.2 Å². The molecule has 0 aromatic heterocycles. The van der Waals surface area contributed by atoms with Crippen molar-refractivity contribution in [3.05, 3.63) is 34.9 Å². The second-order valence-corrected chi connectivity index (χ2v) is 9.12. The van der Waals surface area contributed by atoms with Gasteiger partial charge in [0.25, 0.3) is 0 Å². The molecule has 0 aliphatic carbocycles. The third-order valence-corrected chi connectivity index (χ3v) is 6.94. The number of hydrogen-bond acceptors (Lipinski definition) is 4. The predicted octanol–water partition coefficient (Wildman–Crippen LogP) is 2.27. The summed E-state index contributed by atoms with van der Waals surface area (Å²) in [6, 6.07) is 5.52. The van der Waals surface area contributed by atoms with Crippen molar-refractivity contribution in [2.45, 2.75) is 46.1 Å². The van der Waals surface area contributed by atoms with Crippen molar-refractivity contribution in [2.75, 3.05) is 18.8 Å². The third kappa shape index (κ3) is 5.64. The average molecular weight is 381 g/mol. The van der Waals surface area contributed by atoms with Crippen LogP contribution in [-0.2, 0) is 21.4 Å². The molecule has 1 saturated heterocycles. The van der Waals surface area contributed by atoms with E-state index in [1.54, 1.807) is 17.3 Å². The lowest BCUT2D eigenvalue weighted by molar-refractivity contribution is -0.121. The zero-order valence-corrected chi connectivity index (χ0v) is 16.3. The molecule has 7 heteroatoms. The van der Waals surface area contributed by atoms with Crippen LogP contribution in [0.1, 0.15) is 54.1 Å². The molecule has 26 heavy (non-hydrogen) atoms. The van der Waals surface area contributed by atoms with Crippen LogP contribution in [-0.4, -0.2) is 43.8 Å². The van der Waals surface area contributed by atoms with Gasteiger partial charge >= 0.3 is 0 Å². The van der Waals surface area contributed by atoms with Gasteiger partial charge in [0.2, 0.25) is 15.9 Å². The van der Waals surface area contributed by atoms with E-state index in [0.29, 0.717) is 37.5 Å². The molecule has 0 saturated carbocycles. The number of carbonyl (C=O) groups is 2. The average Bonchev–Trinajstić information content (AvgIpc) is 2.65. The Morgan fingerprint density at radius 1 is 1.31 bits per heavy atom. The van der Waals surface area contributed by atoms with Crippen molar-refractivity contribution >= 4 is 22.2 Å². The zero-order valence-electron chi connectivity index (χ0n) is 15.5. The van der Waals surface area contributed by atoms with Gasteiger partial charge < -0.3 is 5.32 Å². The van der Waals surface area contributed by atoms with Gasteiger partial charge in [-0.15, -0.1) is 0 Å². The molecule has 1 aliphatic rings. The third-order valence-electron chi connectivity index (χ3n) is 5.06. The molecule has 1 aromatic carbocycles. The Bertz CT molecular complexity index is 738. The minimum atomic E-state index is -3.09. The highest BCUT2D eigenvalue weighted by Gasteiger charge is 2.26. The van der Waals surface area contributed by atoms with Crippen LogP contribution in [0.2, 0.25) is 0 Å². The number of hydrogen-bond donors (Lipinski definition) is 1. The Hall–Kier alpha value is -1.73. The molecule has 1 aliphatic heterocycles. The van der Waals surface area contributed by atoms with Crippen LogP contribution in [0, 0.1) is 12.8 Å². The smallest absolute Gasteiger partial charge is 0.220 e. The summed E-state index contributed by atoms with van der Waals surface area (Å²) in [5.41, 5.74) is 2.54. The van der Waals surface area contributed by atoms with E-state index in [0.717, 1.165) is 36.7 Å². The van der Waals surface area contributed by atoms with E-state index >= 15 is 0 Å². The van der Waals surface area contributed by atoms with Gasteiger partial charge in [0, 0.05) is 31.6 Å². The van der Waals surface area contributed by atoms with E-state index in [2.05, 4.69) is 5.32 Å². The quantitative estimate of drug-likeness (QED) is 0.701. The Morgan fingerprint density at radius 2 is 2.00 bits per heavy atom. The fourth-order valence-electron chi connectivity index (χ4n) is 3.26. The number of nitrogens with one attached hydrogen (secondary N) is 1. The first-order valence-corrected chi connectivity index (χ1v) is 10.8. The summed E-state index contributed by atoms with van der Waals surface area (Å²) >= 11 is 0. The molecule has 0 spiro atoms. The van der Waals surface area contributed by atoms with Crippen molar-refractivity contribution in [3.63, 3.8) is 0 Å². The van der Waals surface area contributed by atoms with Gasteiger partial charge in [0.05, 0.1) is 5.75 Å². The van der Waals surface area contributed by atoms with Crippen molar-refractivity contribution in [1.82, 2.24) is 9.62 Å². The predicted molar refractivity (Wildman–Crippen MR) is 101 cm³/mol. The Morgan fingerprint density at radius 3 is 2.58 bits per heavy atom. The maximum Gasteiger partial charge on any atom is 0.220 e. The van der Waals surface area contributed by atoms with Gasteiger partial charge in [0.15, 0.2) is 0 Å². The van der Waals surface area contributed by atoms with Gasteiger partial charge in [0.1, 0.15) is 6.29 Å². The van der Waals surface area contributed by atoms with Gasteiger partial charge in [-0.1, -0.05) is 18.2 Å². The van der Waals surface area contributed by atoms with Crippen molar-refractivity contribution < 1.29 is 18.0 Å². The summed E-state index contributed by atoms with van der Waals surface area (Å²) in [4.78, 5) is 22.9. The maximum atomic E-state index is 12.1. The Labute approximate surface area is 156 Å². The topological polar surface area (TPSA) is 83.6 Å². The van der Waals surface area contributed by atoms with E-state index in [1.807, 2.05) is 19.1 Å². The van der Waals surface area contributed by atoms with Crippen LogP contribution in [0.3, 0.4) is 0 Å². The van der Waals surface area contributed by atoms with Crippen molar-refractivity contribution in [3.8, 4) is 0 Å². The van der Waals surface area contributed by atoms with Crippen molar-refractivity contribution in [1.29, 1.82) is 0 Å². The molecular weight excluding hydrogens is 352 g/mol. The number of amides is 1. The Balaban J connectivity index is 1.71. The first-order chi connectivity index (χ1) is 12.4. The van der Waals surface area contributed by atoms with Gasteiger partial charge in [-0.2, -0.15) is 0 Å². The van der Waals surface area contributed by atoms with Gasteiger partial charge in [-0.25, -0.2) is 12.7 Å². The Kier molecular flexibility index (Phi) is 7.34. The number of rotatable bonds is 8. The number of sulfonamides is 1. The maximum absolute atomic E-state index is 12.1. The molecule has 1 amide bonds. The minimum Gasteiger partial charge on any atom is -0.352 e. The van der Waals surface area contributed by atoms with Crippen LogP contribution in [0.5, 0.6) is 0 Å². The molecular formula is C19H28N2O4S. The van der Waals surface area contributed by atoms with Gasteiger partial charge in [-0.3, -0.25) is 9.59 Å². The van der Waals surface area contributed by atoms with Crippen LogP contribution in [0.15, 0.2) is 18.2 Å². The number of benzene rings is 1. The SMILES string of the molecule is CCS(=O)(=O)N1CCC(CCC(=O)NCc2ccc(C=O)c(C)c2)CC1. The molecule has 2 rings (SSSR count). The fraction of sp³-hybridized carbons (Fsp3) is 0.579. The van der Waals surface area contributed by atoms with E-state index in [4.69, 9.17) is 0 Å². The number of nitrogens with zero attached hydrogens (tertiary/aromatic N) is 1. The normalized spacial score (nSPS) is 16.4. The van der Waals surface area contributed by atoms with E-state index in [1.165, 1.54) is 0 Å². The summed E-state index contributed by atoms with van der Waals surface area (Å²) < 4.78 is 25.3. The highest BCUT2D eigenvalue weighted by molar-refractivity contribution is 7.89. The van der Waals surface area contributed by atoms with E-state index in [-0.39, 0.29) is 11.7 Å². The molecule has 1 heterocycles. The standard InChI is InChI=1S/C19H28N2O4S/c1-3-26(24,25)21-10-8-16(9-11-21)5-7-19(23)20-13-17-4-6-18(14-22)15(2)12-17/h4,6,12,14,16H,3,5,7-11,13H2,1-2H3,(H,20,23). The minimum absolute atomic E-state index is 0.00530.